The predicted octanol–water partition coefficient (Wildman–Crippen LogP) is 2.33. The van der Waals surface area contributed by atoms with Gasteiger partial charge in [0, 0.05) is 19.6 Å². The zero-order valence-corrected chi connectivity index (χ0v) is 13.6. The third kappa shape index (κ3) is 5.97. The van der Waals surface area contributed by atoms with Gasteiger partial charge in [-0.15, -0.1) is 0 Å². The Morgan fingerprint density at radius 3 is 2.35 bits per heavy atom. The summed E-state index contributed by atoms with van der Waals surface area (Å²) < 4.78 is 0. The van der Waals surface area contributed by atoms with Crippen LogP contribution >= 0.6 is 12.6 Å². The second kappa shape index (κ2) is 9.03. The Morgan fingerprint density at radius 2 is 1.80 bits per heavy atom. The molecular weight excluding hydrogens is 268 g/mol. The number of hydrogen-bond acceptors (Lipinski definition) is 3. The zero-order chi connectivity index (χ0) is 15.0. The van der Waals surface area contributed by atoms with Crippen LogP contribution in [0.5, 0.6) is 0 Å². The van der Waals surface area contributed by atoms with Crippen LogP contribution in [0.25, 0.3) is 0 Å². The van der Waals surface area contributed by atoms with Crippen molar-refractivity contribution in [2.75, 3.05) is 33.7 Å². The van der Waals surface area contributed by atoms with Crippen LogP contribution in [-0.2, 0) is 11.2 Å². The van der Waals surface area contributed by atoms with Crippen LogP contribution in [0.1, 0.15) is 18.9 Å². The molecule has 0 bridgehead atoms. The predicted molar refractivity (Wildman–Crippen MR) is 88.3 cm³/mol. The van der Waals surface area contributed by atoms with Gasteiger partial charge in [-0.25, -0.2) is 0 Å². The minimum absolute atomic E-state index is 0.140. The first-order valence-corrected chi connectivity index (χ1v) is 7.71. The van der Waals surface area contributed by atoms with Crippen molar-refractivity contribution in [2.45, 2.75) is 25.0 Å². The molecule has 1 aromatic rings. The standard InChI is InChI=1S/C16H26N2OS/c1-4-10-18(12-11-17(2)3)16(19)15(20)13-14-8-6-5-7-9-14/h5-9,15,20H,4,10-13H2,1-3H3. The van der Waals surface area contributed by atoms with Gasteiger partial charge in [0.15, 0.2) is 0 Å². The third-order valence-corrected chi connectivity index (χ3v) is 3.58. The second-order valence-corrected chi connectivity index (χ2v) is 5.96. The smallest absolute Gasteiger partial charge is 0.235 e. The van der Waals surface area contributed by atoms with E-state index < -0.39 is 0 Å². The molecule has 1 unspecified atom stereocenters. The Bertz CT molecular complexity index is 395. The van der Waals surface area contributed by atoms with Gasteiger partial charge in [-0.05, 0) is 32.5 Å². The maximum Gasteiger partial charge on any atom is 0.235 e. The molecule has 0 radical (unpaired) electrons. The van der Waals surface area contributed by atoms with Gasteiger partial charge in [-0.1, -0.05) is 37.3 Å². The van der Waals surface area contributed by atoms with Gasteiger partial charge in [0.1, 0.15) is 0 Å². The van der Waals surface area contributed by atoms with Crippen molar-refractivity contribution in [3.8, 4) is 0 Å². The molecule has 1 amide bonds. The van der Waals surface area contributed by atoms with Crippen molar-refractivity contribution in [1.29, 1.82) is 0 Å². The number of carbonyl (C=O) groups excluding carboxylic acids is 1. The molecule has 1 aromatic carbocycles. The summed E-state index contributed by atoms with van der Waals surface area (Å²) in [7, 11) is 4.05. The Balaban J connectivity index is 2.58. The van der Waals surface area contributed by atoms with E-state index in [1.54, 1.807) is 0 Å². The molecule has 0 saturated carbocycles. The molecule has 0 heterocycles. The molecule has 0 aliphatic rings. The fourth-order valence-corrected chi connectivity index (χ4v) is 2.43. The van der Waals surface area contributed by atoms with Gasteiger partial charge in [0.2, 0.25) is 5.91 Å². The average molecular weight is 294 g/mol. The number of thiol groups is 1. The molecule has 0 aliphatic heterocycles. The molecule has 0 saturated heterocycles. The average Bonchev–Trinajstić information content (AvgIpc) is 2.43. The van der Waals surface area contributed by atoms with Crippen LogP contribution in [0.15, 0.2) is 30.3 Å². The Labute approximate surface area is 128 Å². The number of carbonyl (C=O) groups is 1. The van der Waals surface area contributed by atoms with E-state index in [2.05, 4.69) is 24.5 Å². The van der Waals surface area contributed by atoms with E-state index in [9.17, 15) is 4.79 Å². The topological polar surface area (TPSA) is 23.6 Å². The molecule has 0 N–H and O–H groups in total. The van der Waals surface area contributed by atoms with Crippen LogP contribution in [0, 0.1) is 0 Å². The minimum Gasteiger partial charge on any atom is -0.340 e. The summed E-state index contributed by atoms with van der Waals surface area (Å²) in [4.78, 5) is 16.5. The molecule has 4 heteroatoms. The highest BCUT2D eigenvalue weighted by Gasteiger charge is 2.20. The van der Waals surface area contributed by atoms with Crippen LogP contribution in [0.3, 0.4) is 0 Å². The number of amides is 1. The lowest BCUT2D eigenvalue weighted by Crippen LogP contribution is -2.41. The summed E-state index contributed by atoms with van der Waals surface area (Å²) in [5, 5.41) is -0.258. The van der Waals surface area contributed by atoms with Crippen LogP contribution < -0.4 is 0 Å². The lowest BCUT2D eigenvalue weighted by Gasteiger charge is -2.26. The lowest BCUT2D eigenvalue weighted by molar-refractivity contribution is -0.130. The molecule has 1 atom stereocenters. The molecular formula is C16H26N2OS. The van der Waals surface area contributed by atoms with E-state index in [0.29, 0.717) is 6.42 Å². The summed E-state index contributed by atoms with van der Waals surface area (Å²) >= 11 is 4.51. The van der Waals surface area contributed by atoms with Gasteiger partial charge < -0.3 is 9.80 Å². The largest absolute Gasteiger partial charge is 0.340 e. The first-order valence-electron chi connectivity index (χ1n) is 7.20. The van der Waals surface area contributed by atoms with Crippen LogP contribution in [0.4, 0.5) is 0 Å². The van der Waals surface area contributed by atoms with E-state index in [0.717, 1.165) is 31.6 Å². The normalized spacial score (nSPS) is 12.4. The Kier molecular flexibility index (Phi) is 7.70. The van der Waals surface area contributed by atoms with Crippen molar-refractivity contribution in [1.82, 2.24) is 9.80 Å². The first kappa shape index (κ1) is 17.1. The third-order valence-electron chi connectivity index (χ3n) is 3.18. The quantitative estimate of drug-likeness (QED) is 0.744. The summed E-state index contributed by atoms with van der Waals surface area (Å²) in [6.07, 6.45) is 1.66. The highest BCUT2D eigenvalue weighted by Crippen LogP contribution is 2.11. The molecule has 20 heavy (non-hydrogen) atoms. The van der Waals surface area contributed by atoms with Crippen LogP contribution in [0.2, 0.25) is 0 Å². The molecule has 0 aliphatic carbocycles. The van der Waals surface area contributed by atoms with E-state index in [4.69, 9.17) is 0 Å². The van der Waals surface area contributed by atoms with Gasteiger partial charge in [0.05, 0.1) is 5.25 Å². The number of rotatable bonds is 8. The van der Waals surface area contributed by atoms with Crippen molar-refractivity contribution in [3.63, 3.8) is 0 Å². The van der Waals surface area contributed by atoms with Crippen molar-refractivity contribution >= 4 is 18.5 Å². The van der Waals surface area contributed by atoms with Crippen LogP contribution in [-0.4, -0.2) is 54.7 Å². The Morgan fingerprint density at radius 1 is 1.15 bits per heavy atom. The fraction of sp³-hybridized carbons (Fsp3) is 0.562. The van der Waals surface area contributed by atoms with Crippen molar-refractivity contribution in [2.24, 2.45) is 0 Å². The van der Waals surface area contributed by atoms with Crippen molar-refractivity contribution < 1.29 is 4.79 Å². The van der Waals surface area contributed by atoms with Gasteiger partial charge in [-0.2, -0.15) is 12.6 Å². The summed E-state index contributed by atoms with van der Waals surface area (Å²) in [6, 6.07) is 10.1. The van der Waals surface area contributed by atoms with E-state index >= 15 is 0 Å². The van der Waals surface area contributed by atoms with Gasteiger partial charge in [-0.3, -0.25) is 4.79 Å². The van der Waals surface area contributed by atoms with E-state index in [1.165, 1.54) is 0 Å². The molecule has 3 nitrogen and oxygen atoms in total. The monoisotopic (exact) mass is 294 g/mol. The molecule has 0 spiro atoms. The van der Waals surface area contributed by atoms with E-state index in [-0.39, 0.29) is 11.2 Å². The van der Waals surface area contributed by atoms with Crippen molar-refractivity contribution in [3.05, 3.63) is 35.9 Å². The first-order chi connectivity index (χ1) is 9.54. The SMILES string of the molecule is CCCN(CCN(C)C)C(=O)C(S)Cc1ccccc1. The summed E-state index contributed by atoms with van der Waals surface area (Å²) in [5.41, 5.74) is 1.16. The molecule has 112 valence electrons. The second-order valence-electron chi connectivity index (χ2n) is 5.33. The zero-order valence-electron chi connectivity index (χ0n) is 12.7. The Hall–Kier alpha value is -1.00. The van der Waals surface area contributed by atoms with Gasteiger partial charge >= 0.3 is 0 Å². The maximum absolute atomic E-state index is 12.5. The number of likely N-dealkylation sites (N-methyl/N-ethyl adjacent to an activating group) is 1. The highest BCUT2D eigenvalue weighted by molar-refractivity contribution is 7.81. The summed E-state index contributed by atoms with van der Waals surface area (Å²) in [6.45, 7) is 4.56. The van der Waals surface area contributed by atoms with E-state index in [1.807, 2.05) is 49.3 Å². The number of hydrogen-bond donors (Lipinski definition) is 1. The van der Waals surface area contributed by atoms with Gasteiger partial charge in [0.25, 0.3) is 0 Å². The lowest BCUT2D eigenvalue weighted by atomic mass is 10.1. The summed E-state index contributed by atoms with van der Waals surface area (Å²) in [5.74, 6) is 0.140. The maximum atomic E-state index is 12.5. The molecule has 1 rings (SSSR count). The highest BCUT2D eigenvalue weighted by atomic mass is 32.1. The molecule has 0 fully saturated rings. The number of benzene rings is 1. The fourth-order valence-electron chi connectivity index (χ4n) is 2.06. The minimum atomic E-state index is -0.258. The number of nitrogens with zero attached hydrogens (tertiary/aromatic N) is 2. The molecule has 0 aromatic heterocycles.